The molecule has 2 aromatic rings. The summed E-state index contributed by atoms with van der Waals surface area (Å²) < 4.78 is 37.1. The number of hydrogen-bond acceptors (Lipinski definition) is 6. The molecule has 1 saturated heterocycles. The predicted octanol–water partition coefficient (Wildman–Crippen LogP) is 2.48. The van der Waals surface area contributed by atoms with Crippen molar-refractivity contribution in [3.8, 4) is 0 Å². The largest absolute Gasteiger partial charge is 0.463 e. The lowest BCUT2D eigenvalue weighted by Gasteiger charge is -2.34. The molecule has 0 bridgehead atoms. The first-order valence-corrected chi connectivity index (χ1v) is 9.41. The van der Waals surface area contributed by atoms with E-state index in [4.69, 9.17) is 16.0 Å². The second-order valence-electron chi connectivity index (χ2n) is 5.50. The van der Waals surface area contributed by atoms with Crippen molar-refractivity contribution >= 4 is 40.0 Å². The van der Waals surface area contributed by atoms with Crippen LogP contribution < -0.4 is 5.32 Å². The summed E-state index contributed by atoms with van der Waals surface area (Å²) in [6.07, 6.45) is 0. The number of esters is 1. The summed E-state index contributed by atoms with van der Waals surface area (Å²) in [7, 11) is -2.72. The number of nitrogens with zero attached hydrogens (tertiary/aromatic N) is 1. The van der Waals surface area contributed by atoms with Crippen LogP contribution in [-0.4, -0.2) is 45.4 Å². The van der Waals surface area contributed by atoms with Gasteiger partial charge in [-0.1, -0.05) is 23.7 Å². The molecule has 7 nitrogen and oxygen atoms in total. The second-order valence-corrected chi connectivity index (χ2v) is 7.76. The van der Waals surface area contributed by atoms with Crippen LogP contribution >= 0.6 is 24.0 Å². The SMILES string of the molecule is COC(=O)c1ccc(S(=O)(=O)N2CCNCC2c2cccc(Cl)c2)o1.Cl. The number of piperazine rings is 1. The van der Waals surface area contributed by atoms with Crippen LogP contribution in [0.4, 0.5) is 0 Å². The van der Waals surface area contributed by atoms with Crippen LogP contribution in [0.2, 0.25) is 5.02 Å². The maximum atomic E-state index is 13.0. The number of carbonyl (C=O) groups excluding carboxylic acids is 1. The molecule has 3 rings (SSSR count). The highest BCUT2D eigenvalue weighted by atomic mass is 35.5. The van der Waals surface area contributed by atoms with Gasteiger partial charge in [-0.05, 0) is 29.8 Å². The lowest BCUT2D eigenvalue weighted by atomic mass is 10.1. The fourth-order valence-corrected chi connectivity index (χ4v) is 4.48. The van der Waals surface area contributed by atoms with Crippen LogP contribution in [0.3, 0.4) is 0 Å². The van der Waals surface area contributed by atoms with Crippen molar-refractivity contribution in [2.75, 3.05) is 26.7 Å². The highest BCUT2D eigenvalue weighted by molar-refractivity contribution is 7.89. The third kappa shape index (κ3) is 4.05. The zero-order valence-electron chi connectivity index (χ0n) is 13.8. The van der Waals surface area contributed by atoms with Gasteiger partial charge in [-0.15, -0.1) is 12.4 Å². The highest BCUT2D eigenvalue weighted by Gasteiger charge is 2.36. The lowest BCUT2D eigenvalue weighted by molar-refractivity contribution is 0.0558. The molecule has 1 unspecified atom stereocenters. The summed E-state index contributed by atoms with van der Waals surface area (Å²) in [6.45, 7) is 1.23. The summed E-state index contributed by atoms with van der Waals surface area (Å²) in [5.41, 5.74) is 0.781. The number of hydrogen-bond donors (Lipinski definition) is 1. The first-order chi connectivity index (χ1) is 11.9. The standard InChI is InChI=1S/C16H17ClN2O5S.ClH/c1-23-16(20)14-5-6-15(24-14)25(21,22)19-8-7-18-10-13(19)11-3-2-4-12(17)9-11;/h2-6,9,13,18H,7-8,10H2,1H3;1H. The first-order valence-electron chi connectivity index (χ1n) is 7.59. The van der Waals surface area contributed by atoms with Crippen molar-refractivity contribution in [3.63, 3.8) is 0 Å². The van der Waals surface area contributed by atoms with Gasteiger partial charge in [0, 0.05) is 24.7 Å². The molecular formula is C16H18Cl2N2O5S. The van der Waals surface area contributed by atoms with Gasteiger partial charge in [-0.3, -0.25) is 0 Å². The molecule has 0 aliphatic carbocycles. The normalized spacial score (nSPS) is 18.2. The number of ether oxygens (including phenoxy) is 1. The third-order valence-corrected chi connectivity index (χ3v) is 5.98. The van der Waals surface area contributed by atoms with Crippen LogP contribution in [0.5, 0.6) is 0 Å². The number of furan rings is 1. The Labute approximate surface area is 162 Å². The molecular weight excluding hydrogens is 403 g/mol. The number of nitrogens with one attached hydrogen (secondary N) is 1. The number of benzene rings is 1. The molecule has 26 heavy (non-hydrogen) atoms. The number of carbonyl (C=O) groups is 1. The summed E-state index contributed by atoms with van der Waals surface area (Å²) in [5.74, 6) is -0.885. The van der Waals surface area contributed by atoms with Crippen molar-refractivity contribution in [1.82, 2.24) is 9.62 Å². The quantitative estimate of drug-likeness (QED) is 0.764. The molecule has 142 valence electrons. The van der Waals surface area contributed by atoms with Gasteiger partial charge in [0.25, 0.3) is 10.0 Å². The maximum Gasteiger partial charge on any atom is 0.374 e. The molecule has 1 aliphatic heterocycles. The Hall–Kier alpha value is -1.58. The predicted molar refractivity (Wildman–Crippen MR) is 98.3 cm³/mol. The Morgan fingerprint density at radius 3 is 2.81 bits per heavy atom. The number of rotatable bonds is 4. The average molecular weight is 421 g/mol. The smallest absolute Gasteiger partial charge is 0.374 e. The first kappa shape index (κ1) is 20.7. The Morgan fingerprint density at radius 1 is 1.35 bits per heavy atom. The molecule has 1 aromatic carbocycles. The Kier molecular flexibility index (Phi) is 6.70. The minimum Gasteiger partial charge on any atom is -0.463 e. The molecule has 0 spiro atoms. The molecule has 0 radical (unpaired) electrons. The summed E-state index contributed by atoms with van der Waals surface area (Å²) in [5, 5.41) is 3.43. The van der Waals surface area contributed by atoms with E-state index in [-0.39, 0.29) is 29.8 Å². The van der Waals surface area contributed by atoms with E-state index in [1.54, 1.807) is 18.2 Å². The van der Waals surface area contributed by atoms with E-state index in [0.717, 1.165) is 5.56 Å². The van der Waals surface area contributed by atoms with Gasteiger partial charge in [0.1, 0.15) is 0 Å². The average Bonchev–Trinajstić information content (AvgIpc) is 3.12. The highest BCUT2D eigenvalue weighted by Crippen LogP contribution is 2.30. The van der Waals surface area contributed by atoms with Gasteiger partial charge in [0.05, 0.1) is 13.2 Å². The van der Waals surface area contributed by atoms with Crippen LogP contribution in [-0.2, 0) is 14.8 Å². The van der Waals surface area contributed by atoms with E-state index in [2.05, 4.69) is 10.1 Å². The maximum absolute atomic E-state index is 13.0. The number of methoxy groups -OCH3 is 1. The van der Waals surface area contributed by atoms with Crippen molar-refractivity contribution in [3.05, 3.63) is 52.7 Å². The van der Waals surface area contributed by atoms with E-state index >= 15 is 0 Å². The van der Waals surface area contributed by atoms with Crippen molar-refractivity contribution in [2.45, 2.75) is 11.1 Å². The monoisotopic (exact) mass is 420 g/mol. The third-order valence-electron chi connectivity index (χ3n) is 3.96. The number of halogens is 2. The van der Waals surface area contributed by atoms with Gasteiger partial charge >= 0.3 is 5.97 Å². The molecule has 0 saturated carbocycles. The molecule has 2 heterocycles. The van der Waals surface area contributed by atoms with E-state index in [9.17, 15) is 13.2 Å². The van der Waals surface area contributed by atoms with E-state index in [1.807, 2.05) is 6.07 Å². The van der Waals surface area contributed by atoms with Crippen molar-refractivity contribution in [2.24, 2.45) is 0 Å². The molecule has 0 amide bonds. The molecule has 1 fully saturated rings. The fourth-order valence-electron chi connectivity index (χ4n) is 2.76. The molecule has 1 N–H and O–H groups in total. The van der Waals surface area contributed by atoms with Gasteiger partial charge in [-0.25, -0.2) is 13.2 Å². The Morgan fingerprint density at radius 2 is 2.12 bits per heavy atom. The van der Waals surface area contributed by atoms with E-state index < -0.39 is 22.0 Å². The Balaban J connectivity index is 0.00000243. The van der Waals surface area contributed by atoms with Crippen molar-refractivity contribution < 1.29 is 22.4 Å². The number of sulfonamides is 1. The molecule has 1 aromatic heterocycles. The second kappa shape index (κ2) is 8.41. The molecule has 1 aliphatic rings. The van der Waals surface area contributed by atoms with Crippen LogP contribution in [0.1, 0.15) is 22.2 Å². The topological polar surface area (TPSA) is 88.9 Å². The van der Waals surface area contributed by atoms with Gasteiger partial charge in [0.2, 0.25) is 10.9 Å². The van der Waals surface area contributed by atoms with Gasteiger partial charge < -0.3 is 14.5 Å². The van der Waals surface area contributed by atoms with Gasteiger partial charge in [0.15, 0.2) is 0 Å². The minimum atomic E-state index is -3.92. The molecule has 10 heteroatoms. The van der Waals surface area contributed by atoms with Crippen LogP contribution in [0, 0.1) is 0 Å². The van der Waals surface area contributed by atoms with E-state index in [0.29, 0.717) is 18.1 Å². The summed E-state index contributed by atoms with van der Waals surface area (Å²) >= 11 is 6.04. The zero-order chi connectivity index (χ0) is 18.0. The Bertz CT molecular complexity index is 884. The summed E-state index contributed by atoms with van der Waals surface area (Å²) in [6, 6.07) is 9.20. The van der Waals surface area contributed by atoms with Crippen LogP contribution in [0.15, 0.2) is 45.9 Å². The summed E-state index contributed by atoms with van der Waals surface area (Å²) in [4.78, 5) is 11.5. The van der Waals surface area contributed by atoms with E-state index in [1.165, 1.54) is 23.5 Å². The van der Waals surface area contributed by atoms with Crippen LogP contribution in [0.25, 0.3) is 0 Å². The molecule has 1 atom stereocenters. The minimum absolute atomic E-state index is 0. The van der Waals surface area contributed by atoms with Gasteiger partial charge in [-0.2, -0.15) is 4.31 Å². The van der Waals surface area contributed by atoms with Crippen molar-refractivity contribution in [1.29, 1.82) is 0 Å². The lowest BCUT2D eigenvalue weighted by Crippen LogP contribution is -2.48. The zero-order valence-corrected chi connectivity index (χ0v) is 16.2. The fraction of sp³-hybridized carbons (Fsp3) is 0.312.